The average molecular weight is 170 g/mol. The van der Waals surface area contributed by atoms with Crippen LogP contribution in [0.15, 0.2) is 0 Å². The highest BCUT2D eigenvalue weighted by Crippen LogP contribution is 1.35. The van der Waals surface area contributed by atoms with Crippen molar-refractivity contribution in [2.75, 3.05) is 27.2 Å². The molecule has 0 aliphatic carbocycles. The minimum absolute atomic E-state index is 0. The van der Waals surface area contributed by atoms with Crippen LogP contribution in [0.1, 0.15) is 0 Å². The third kappa shape index (κ3) is 10.7. The van der Waals surface area contributed by atoms with Crippen LogP contribution < -0.4 is 21.9 Å². The second kappa shape index (κ2) is 6.40. The minimum Gasteiger partial charge on any atom is -1.00 e. The van der Waals surface area contributed by atoms with Crippen molar-refractivity contribution in [2.45, 2.75) is 0 Å². The second-order valence-corrected chi connectivity index (χ2v) is 1.68. The predicted octanol–water partition coefficient (Wildman–Crippen LogP) is -4.87. The zero-order valence-corrected chi connectivity index (χ0v) is 6.33. The topological polar surface area (TPSA) is 24.7 Å². The van der Waals surface area contributed by atoms with Gasteiger partial charge in [0.1, 0.15) is 6.54 Å². The smallest absolute Gasteiger partial charge is 0.100 e. The fraction of sp³-hybridized carbons (Fsp3) is 1.00. The van der Waals surface area contributed by atoms with E-state index < -0.39 is 0 Å². The zero-order valence-electron chi connectivity index (χ0n) is 4.74. The molecule has 2 N–H and O–H groups in total. The Balaban J connectivity index is 0. The number of aliphatic hydroxyl groups excluding tert-OH is 1. The largest absolute Gasteiger partial charge is 1.00 e. The van der Waals surface area contributed by atoms with Crippen LogP contribution in [-0.2, 0) is 0 Å². The fourth-order valence-corrected chi connectivity index (χ4v) is 0.224. The van der Waals surface area contributed by atoms with E-state index in [-0.39, 0.29) is 17.0 Å². The summed E-state index contributed by atoms with van der Waals surface area (Å²) in [6.07, 6.45) is 0. The van der Waals surface area contributed by atoms with Gasteiger partial charge in [-0.25, -0.2) is 0 Å². The number of hydrogen-bond acceptors (Lipinski definition) is 1. The van der Waals surface area contributed by atoms with Gasteiger partial charge in [-0.05, 0) is 0 Å². The van der Waals surface area contributed by atoms with E-state index in [1.807, 2.05) is 14.1 Å². The van der Waals surface area contributed by atoms with Gasteiger partial charge in [0.05, 0.1) is 20.7 Å². The lowest BCUT2D eigenvalue weighted by Gasteiger charge is -2.00. The lowest BCUT2D eigenvalue weighted by Crippen LogP contribution is -3.06. The summed E-state index contributed by atoms with van der Waals surface area (Å²) in [5.74, 6) is 0. The van der Waals surface area contributed by atoms with Crippen LogP contribution in [0, 0.1) is 0 Å². The molecule has 0 amide bonds. The van der Waals surface area contributed by atoms with Crippen molar-refractivity contribution in [3.05, 3.63) is 0 Å². The van der Waals surface area contributed by atoms with Crippen LogP contribution in [0.4, 0.5) is 0 Å². The molecule has 0 saturated carbocycles. The molecule has 46 valence electrons. The summed E-state index contributed by atoms with van der Waals surface area (Å²) in [7, 11) is 4.02. The second-order valence-electron chi connectivity index (χ2n) is 1.68. The van der Waals surface area contributed by atoms with E-state index in [9.17, 15) is 0 Å². The molecule has 2 nitrogen and oxygen atoms in total. The summed E-state index contributed by atoms with van der Waals surface area (Å²) in [6, 6.07) is 0. The van der Waals surface area contributed by atoms with Gasteiger partial charge in [0, 0.05) is 0 Å². The van der Waals surface area contributed by atoms with Crippen molar-refractivity contribution in [1.29, 1.82) is 0 Å². The number of likely N-dealkylation sites (N-methyl/N-ethyl adjacent to an activating group) is 1. The molecule has 0 atom stereocenters. The highest BCUT2D eigenvalue weighted by atomic mass is 79.9. The third-order valence-corrected chi connectivity index (χ3v) is 0.612. The molecule has 0 rings (SSSR count). The Kier molecular flexibility index (Phi) is 9.50. The summed E-state index contributed by atoms with van der Waals surface area (Å²) < 4.78 is 0. The van der Waals surface area contributed by atoms with Crippen LogP contribution in [0.5, 0.6) is 0 Å². The SMILES string of the molecule is C[NH+](C)CCO.[Br-]. The normalized spacial score (nSPS) is 8.57. The van der Waals surface area contributed by atoms with E-state index in [1.54, 1.807) is 0 Å². The summed E-state index contributed by atoms with van der Waals surface area (Å²) in [6.45, 7) is 1.14. The zero-order chi connectivity index (χ0) is 4.99. The maximum atomic E-state index is 8.22. The molecule has 0 unspecified atom stereocenters. The van der Waals surface area contributed by atoms with Crippen LogP contribution in [0.3, 0.4) is 0 Å². The fourth-order valence-electron chi connectivity index (χ4n) is 0.224. The molecule has 7 heavy (non-hydrogen) atoms. The maximum Gasteiger partial charge on any atom is 0.100 e. The molecule has 0 aromatic heterocycles. The predicted molar refractivity (Wildman–Crippen MR) is 24.8 cm³/mol. The van der Waals surface area contributed by atoms with Crippen molar-refractivity contribution >= 4 is 0 Å². The monoisotopic (exact) mass is 169 g/mol. The molecular formula is C4H12BrNO. The Labute approximate surface area is 54.9 Å². The van der Waals surface area contributed by atoms with Gasteiger partial charge in [-0.15, -0.1) is 0 Å². The number of rotatable bonds is 2. The molecule has 3 heteroatoms. The molecule has 0 radical (unpaired) electrons. The highest BCUT2D eigenvalue weighted by Gasteiger charge is 1.84. The number of hydrogen-bond donors (Lipinski definition) is 2. The van der Waals surface area contributed by atoms with Gasteiger partial charge >= 0.3 is 0 Å². The molecule has 0 aromatic rings. The van der Waals surface area contributed by atoms with Crippen LogP contribution in [0.25, 0.3) is 0 Å². The van der Waals surface area contributed by atoms with Gasteiger partial charge in [0.2, 0.25) is 0 Å². The molecule has 0 aromatic carbocycles. The highest BCUT2D eigenvalue weighted by molar-refractivity contribution is 4.10. The quantitative estimate of drug-likeness (QED) is 0.426. The van der Waals surface area contributed by atoms with Crippen LogP contribution in [0.2, 0.25) is 0 Å². The van der Waals surface area contributed by atoms with Gasteiger partial charge in [-0.2, -0.15) is 0 Å². The first-order chi connectivity index (χ1) is 2.77. The van der Waals surface area contributed by atoms with Crippen molar-refractivity contribution < 1.29 is 27.0 Å². The van der Waals surface area contributed by atoms with Crippen LogP contribution in [-0.4, -0.2) is 32.4 Å². The maximum absolute atomic E-state index is 8.22. The molecule has 0 aliphatic rings. The summed E-state index contributed by atoms with van der Waals surface area (Å²) in [4.78, 5) is 1.29. The van der Waals surface area contributed by atoms with E-state index in [4.69, 9.17) is 5.11 Å². The number of halogens is 1. The lowest BCUT2D eigenvalue weighted by atomic mass is 10.6. The van der Waals surface area contributed by atoms with Crippen molar-refractivity contribution in [1.82, 2.24) is 0 Å². The minimum atomic E-state index is 0. The van der Waals surface area contributed by atoms with Gasteiger partial charge in [-0.1, -0.05) is 0 Å². The van der Waals surface area contributed by atoms with Gasteiger partial charge in [0.25, 0.3) is 0 Å². The Hall–Kier alpha value is 0.400. The Morgan fingerprint density at radius 2 is 1.86 bits per heavy atom. The van der Waals surface area contributed by atoms with Gasteiger partial charge in [0.15, 0.2) is 0 Å². The van der Waals surface area contributed by atoms with E-state index in [1.165, 1.54) is 4.90 Å². The van der Waals surface area contributed by atoms with E-state index in [0.717, 1.165) is 6.54 Å². The van der Waals surface area contributed by atoms with E-state index in [2.05, 4.69) is 0 Å². The number of aliphatic hydroxyl groups is 1. The van der Waals surface area contributed by atoms with Crippen LogP contribution >= 0.6 is 0 Å². The average Bonchev–Trinajstić information content (AvgIpc) is 1.35. The third-order valence-electron chi connectivity index (χ3n) is 0.612. The molecule has 0 bridgehead atoms. The Bertz CT molecular complexity index is 32.9. The van der Waals surface area contributed by atoms with Gasteiger partial charge in [-0.3, -0.25) is 0 Å². The Morgan fingerprint density at radius 3 is 1.86 bits per heavy atom. The lowest BCUT2D eigenvalue weighted by molar-refractivity contribution is -0.858. The molecule has 0 heterocycles. The molecule has 0 saturated heterocycles. The molecule has 0 fully saturated rings. The molecule has 0 aliphatic heterocycles. The standard InChI is InChI=1S/C4H11NO.BrH/c1-5(2)3-4-6;/h6H,3-4H2,1-2H3;1H. The Morgan fingerprint density at radius 1 is 1.43 bits per heavy atom. The first-order valence-electron chi connectivity index (χ1n) is 2.17. The molecule has 0 spiro atoms. The van der Waals surface area contributed by atoms with E-state index in [0.29, 0.717) is 6.61 Å². The number of quaternary nitrogens is 1. The van der Waals surface area contributed by atoms with Crippen molar-refractivity contribution in [3.63, 3.8) is 0 Å². The molecular weight excluding hydrogens is 158 g/mol. The first kappa shape index (κ1) is 10.4. The first-order valence-corrected chi connectivity index (χ1v) is 2.17. The summed E-state index contributed by atoms with van der Waals surface area (Å²) >= 11 is 0. The van der Waals surface area contributed by atoms with Gasteiger partial charge < -0.3 is 27.0 Å². The summed E-state index contributed by atoms with van der Waals surface area (Å²) in [5, 5.41) is 8.22. The summed E-state index contributed by atoms with van der Waals surface area (Å²) in [5.41, 5.74) is 0. The number of nitrogens with one attached hydrogen (secondary N) is 1. The van der Waals surface area contributed by atoms with Crippen molar-refractivity contribution in [2.24, 2.45) is 0 Å². The van der Waals surface area contributed by atoms with E-state index >= 15 is 0 Å². The van der Waals surface area contributed by atoms with Crippen molar-refractivity contribution in [3.8, 4) is 0 Å².